The molecule has 3 atom stereocenters. The molecule has 0 saturated carbocycles. The summed E-state index contributed by atoms with van der Waals surface area (Å²) >= 11 is 0. The summed E-state index contributed by atoms with van der Waals surface area (Å²) in [5.74, 6) is 1.28. The highest BCUT2D eigenvalue weighted by Crippen LogP contribution is 2.27. The van der Waals surface area contributed by atoms with Gasteiger partial charge in [-0.05, 0) is 25.3 Å². The fourth-order valence-corrected chi connectivity index (χ4v) is 3.53. The van der Waals surface area contributed by atoms with Gasteiger partial charge in [0.25, 0.3) is 5.89 Å². The Morgan fingerprint density at radius 2 is 2.14 bits per heavy atom. The second-order valence-electron chi connectivity index (χ2n) is 6.22. The van der Waals surface area contributed by atoms with E-state index in [9.17, 15) is 4.79 Å². The molecule has 2 saturated heterocycles. The molecule has 3 heterocycles. The fourth-order valence-electron chi connectivity index (χ4n) is 3.53. The number of nitrogens with one attached hydrogen (secondary N) is 1. The zero-order valence-corrected chi connectivity index (χ0v) is 12.4. The quantitative estimate of drug-likeness (QED) is 0.943. The van der Waals surface area contributed by atoms with Crippen molar-refractivity contribution in [1.29, 1.82) is 0 Å². The first-order chi connectivity index (χ1) is 10.8. The molecule has 2 fully saturated rings. The van der Waals surface area contributed by atoms with Gasteiger partial charge in [0.05, 0.1) is 6.20 Å². The van der Waals surface area contributed by atoms with E-state index < -0.39 is 0 Å². The monoisotopic (exact) mass is 297 g/mol. The lowest BCUT2D eigenvalue weighted by Crippen LogP contribution is -2.47. The van der Waals surface area contributed by atoms with Crippen molar-refractivity contribution in [2.75, 3.05) is 19.6 Å². The first kappa shape index (κ1) is 13.5. The van der Waals surface area contributed by atoms with Crippen LogP contribution in [-0.2, 0) is 0 Å². The fraction of sp³-hybridized carbons (Fsp3) is 0.412. The number of rotatable bonds is 3. The van der Waals surface area contributed by atoms with Gasteiger partial charge in [0.1, 0.15) is 0 Å². The molecule has 4 rings (SSSR count). The molecule has 2 aromatic rings. The molecule has 1 aromatic carbocycles. The molecule has 2 bridgehead atoms. The topological polar surface area (TPSA) is 58.4 Å². The zero-order valence-electron chi connectivity index (χ0n) is 12.4. The van der Waals surface area contributed by atoms with Crippen molar-refractivity contribution < 1.29 is 9.21 Å². The van der Waals surface area contributed by atoms with Crippen LogP contribution in [-0.4, -0.2) is 41.5 Å². The molecule has 2 aliphatic heterocycles. The summed E-state index contributed by atoms with van der Waals surface area (Å²) < 4.78 is 5.61. The lowest BCUT2D eigenvalue weighted by molar-refractivity contribution is 0.0875. The molecule has 2 aliphatic rings. The van der Waals surface area contributed by atoms with Crippen LogP contribution in [0, 0.1) is 5.92 Å². The van der Waals surface area contributed by atoms with Gasteiger partial charge in [-0.1, -0.05) is 30.3 Å². The highest BCUT2D eigenvalue weighted by Gasteiger charge is 2.33. The van der Waals surface area contributed by atoms with E-state index in [2.05, 4.69) is 15.2 Å². The van der Waals surface area contributed by atoms with Crippen LogP contribution in [0.3, 0.4) is 0 Å². The molecule has 0 aliphatic carbocycles. The van der Waals surface area contributed by atoms with Gasteiger partial charge in [-0.3, -0.25) is 4.79 Å². The Hall–Kier alpha value is -2.14. The number of fused-ring (bicyclic) bond motifs is 2. The Balaban J connectivity index is 1.44. The van der Waals surface area contributed by atoms with E-state index >= 15 is 0 Å². The van der Waals surface area contributed by atoms with Crippen LogP contribution in [0.1, 0.15) is 23.5 Å². The molecule has 114 valence electrons. The van der Waals surface area contributed by atoms with Crippen LogP contribution >= 0.6 is 0 Å². The SMILES string of the molecule is O=C(N[C@@H]1C[C@H]2CCN(C2)C1)c1ncc(-c2ccccc2)o1. The summed E-state index contributed by atoms with van der Waals surface area (Å²) in [6.45, 7) is 3.28. The summed E-state index contributed by atoms with van der Waals surface area (Å²) in [6.07, 6.45) is 3.93. The minimum absolute atomic E-state index is 0.145. The number of oxazole rings is 1. The molecule has 0 spiro atoms. The van der Waals surface area contributed by atoms with Crippen molar-refractivity contribution in [1.82, 2.24) is 15.2 Å². The summed E-state index contributed by atoms with van der Waals surface area (Å²) in [4.78, 5) is 18.8. The smallest absolute Gasteiger partial charge is 0.307 e. The van der Waals surface area contributed by atoms with E-state index in [4.69, 9.17) is 4.42 Å². The highest BCUT2D eigenvalue weighted by molar-refractivity contribution is 5.90. The van der Waals surface area contributed by atoms with E-state index in [1.54, 1.807) is 6.20 Å². The van der Waals surface area contributed by atoms with Gasteiger partial charge >= 0.3 is 5.91 Å². The molecule has 1 unspecified atom stereocenters. The average Bonchev–Trinajstić information content (AvgIpc) is 3.15. The molecule has 5 nitrogen and oxygen atoms in total. The number of amides is 1. The third-order valence-corrected chi connectivity index (χ3v) is 4.56. The number of benzene rings is 1. The van der Waals surface area contributed by atoms with Crippen LogP contribution in [0.5, 0.6) is 0 Å². The molecule has 22 heavy (non-hydrogen) atoms. The van der Waals surface area contributed by atoms with Crippen molar-refractivity contribution in [3.8, 4) is 11.3 Å². The van der Waals surface area contributed by atoms with Gasteiger partial charge in [-0.15, -0.1) is 0 Å². The van der Waals surface area contributed by atoms with Crippen molar-refractivity contribution >= 4 is 5.91 Å². The van der Waals surface area contributed by atoms with Crippen molar-refractivity contribution in [3.05, 3.63) is 42.4 Å². The van der Waals surface area contributed by atoms with Crippen molar-refractivity contribution in [2.24, 2.45) is 5.92 Å². The molecular formula is C17H19N3O2. The lowest BCUT2D eigenvalue weighted by Gasteiger charge is -2.30. The number of aromatic nitrogens is 1. The minimum Gasteiger partial charge on any atom is -0.432 e. The summed E-state index contributed by atoms with van der Waals surface area (Å²) in [5, 5.41) is 3.06. The molecule has 1 aromatic heterocycles. The summed E-state index contributed by atoms with van der Waals surface area (Å²) in [7, 11) is 0. The van der Waals surface area contributed by atoms with Crippen LogP contribution in [0.4, 0.5) is 0 Å². The summed E-state index contributed by atoms with van der Waals surface area (Å²) in [5.41, 5.74) is 0.927. The van der Waals surface area contributed by atoms with Crippen LogP contribution in [0.15, 0.2) is 40.9 Å². The molecule has 1 amide bonds. The standard InChI is InChI=1S/C17H19N3O2/c21-16(19-14-8-12-6-7-20(10-12)11-14)17-18-9-15(22-17)13-4-2-1-3-5-13/h1-5,9,12,14H,6-8,10-11H2,(H,19,21)/t12-,14-/m1/s1. The van der Waals surface area contributed by atoms with Crippen molar-refractivity contribution in [3.63, 3.8) is 0 Å². The predicted molar refractivity (Wildman–Crippen MR) is 82.4 cm³/mol. The maximum absolute atomic E-state index is 12.3. The highest BCUT2D eigenvalue weighted by atomic mass is 16.4. The number of carbonyl (C=O) groups is 1. The lowest BCUT2D eigenvalue weighted by atomic mass is 9.97. The van der Waals surface area contributed by atoms with Gasteiger partial charge in [0.15, 0.2) is 5.76 Å². The first-order valence-electron chi connectivity index (χ1n) is 7.82. The van der Waals surface area contributed by atoms with E-state index in [0.29, 0.717) is 5.76 Å². The Labute approximate surface area is 129 Å². The van der Waals surface area contributed by atoms with E-state index in [1.165, 1.54) is 13.0 Å². The second kappa shape index (κ2) is 5.57. The van der Waals surface area contributed by atoms with Crippen LogP contribution in [0.25, 0.3) is 11.3 Å². The molecule has 0 radical (unpaired) electrons. The second-order valence-corrected chi connectivity index (χ2v) is 6.22. The number of piperidine rings is 1. The van der Waals surface area contributed by atoms with E-state index in [1.807, 2.05) is 30.3 Å². The third-order valence-electron chi connectivity index (χ3n) is 4.56. The minimum atomic E-state index is -0.213. The molecule has 1 N–H and O–H groups in total. The third kappa shape index (κ3) is 2.64. The Bertz CT molecular complexity index is 656. The number of carbonyl (C=O) groups excluding carboxylic acids is 1. The maximum atomic E-state index is 12.3. The van der Waals surface area contributed by atoms with Gasteiger partial charge < -0.3 is 14.6 Å². The average molecular weight is 297 g/mol. The van der Waals surface area contributed by atoms with Gasteiger partial charge in [-0.2, -0.15) is 0 Å². The van der Waals surface area contributed by atoms with Crippen LogP contribution in [0.2, 0.25) is 0 Å². The normalized spacial score (nSPS) is 26.8. The van der Waals surface area contributed by atoms with Gasteiger partial charge in [-0.25, -0.2) is 4.98 Å². The Kier molecular flexibility index (Phi) is 3.42. The number of nitrogens with zero attached hydrogens (tertiary/aromatic N) is 2. The Morgan fingerprint density at radius 3 is 2.95 bits per heavy atom. The van der Waals surface area contributed by atoms with E-state index in [-0.39, 0.29) is 17.8 Å². The molecular weight excluding hydrogens is 278 g/mol. The van der Waals surface area contributed by atoms with Crippen molar-refractivity contribution in [2.45, 2.75) is 18.9 Å². The number of hydrogen-bond acceptors (Lipinski definition) is 4. The number of hydrogen-bond donors (Lipinski definition) is 1. The summed E-state index contributed by atoms with van der Waals surface area (Å²) in [6, 6.07) is 9.90. The maximum Gasteiger partial charge on any atom is 0.307 e. The largest absolute Gasteiger partial charge is 0.432 e. The van der Waals surface area contributed by atoms with E-state index in [0.717, 1.165) is 31.0 Å². The zero-order chi connectivity index (χ0) is 14.9. The molecule has 5 heteroatoms. The predicted octanol–water partition coefficient (Wildman–Crippen LogP) is 2.17. The first-order valence-corrected chi connectivity index (χ1v) is 7.82. The Morgan fingerprint density at radius 1 is 1.27 bits per heavy atom. The van der Waals surface area contributed by atoms with Gasteiger partial charge in [0.2, 0.25) is 0 Å². The van der Waals surface area contributed by atoms with Crippen LogP contribution < -0.4 is 5.32 Å². The van der Waals surface area contributed by atoms with Gasteiger partial charge in [0, 0.05) is 24.7 Å².